The minimum atomic E-state index is 0.519. The second-order valence-electron chi connectivity index (χ2n) is 9.34. The van der Waals surface area contributed by atoms with Gasteiger partial charge in [-0.15, -0.1) is 0 Å². The Morgan fingerprint density at radius 1 is 1.15 bits per heavy atom. The van der Waals surface area contributed by atoms with E-state index in [0.29, 0.717) is 22.9 Å². The van der Waals surface area contributed by atoms with Crippen LogP contribution in [0.1, 0.15) is 37.1 Å². The number of nitrogens with zero attached hydrogens (tertiary/aromatic N) is 8. The van der Waals surface area contributed by atoms with Crippen LogP contribution in [0.3, 0.4) is 0 Å². The van der Waals surface area contributed by atoms with Gasteiger partial charge >= 0.3 is 0 Å². The van der Waals surface area contributed by atoms with Gasteiger partial charge in [-0.25, -0.2) is 14.5 Å². The Labute approximate surface area is 199 Å². The summed E-state index contributed by atoms with van der Waals surface area (Å²) in [5, 5.41) is 4.31. The summed E-state index contributed by atoms with van der Waals surface area (Å²) in [6.45, 7) is 7.83. The number of allylic oxidation sites excluding steroid dienone is 1. The van der Waals surface area contributed by atoms with Crippen LogP contribution in [-0.4, -0.2) is 68.1 Å². The monoisotopic (exact) mass is 460 g/mol. The topological polar surface area (TPSA) is 83.9 Å². The summed E-state index contributed by atoms with van der Waals surface area (Å²) in [4.78, 5) is 29.8. The van der Waals surface area contributed by atoms with E-state index in [1.54, 1.807) is 16.9 Å². The molecule has 0 N–H and O–H groups in total. The van der Waals surface area contributed by atoms with Crippen LogP contribution in [0.5, 0.6) is 0 Å². The van der Waals surface area contributed by atoms with Gasteiger partial charge < -0.3 is 14.4 Å². The Balaban J connectivity index is 1.32. The maximum atomic E-state index is 11.3. The number of aromatic nitrogens is 5. The summed E-state index contributed by atoms with van der Waals surface area (Å²) in [6, 6.07) is 4.14. The highest BCUT2D eigenvalue weighted by Gasteiger charge is 2.23. The first kappa shape index (κ1) is 22.5. The zero-order valence-electron chi connectivity index (χ0n) is 20.0. The molecule has 34 heavy (non-hydrogen) atoms. The molecule has 3 aromatic heterocycles. The Bertz CT molecular complexity index is 1260. The first-order valence-electron chi connectivity index (χ1n) is 12.1. The molecular weight excluding hydrogens is 428 g/mol. The van der Waals surface area contributed by atoms with E-state index in [1.807, 2.05) is 24.6 Å². The van der Waals surface area contributed by atoms with Crippen molar-refractivity contribution in [2.75, 3.05) is 37.6 Å². The van der Waals surface area contributed by atoms with Gasteiger partial charge in [0.1, 0.15) is 17.6 Å². The normalized spacial score (nSPS) is 18.8. The number of aldehydes is 1. The van der Waals surface area contributed by atoms with Crippen molar-refractivity contribution in [3.63, 3.8) is 0 Å². The zero-order valence-corrected chi connectivity index (χ0v) is 20.0. The lowest BCUT2D eigenvalue weighted by molar-refractivity contribution is -0.104. The molecule has 0 saturated carbocycles. The first-order valence-corrected chi connectivity index (χ1v) is 12.1. The SMILES string of the molecule is Cc1nc2ncc(/C(=C/C=O)N=c3ccc(N4CCC(CN5CCCC5)CC4)cn3C)cn2n1. The van der Waals surface area contributed by atoms with E-state index in [0.717, 1.165) is 30.8 Å². The number of likely N-dealkylation sites (tertiary alicyclic amines) is 1. The van der Waals surface area contributed by atoms with Crippen LogP contribution in [0.25, 0.3) is 11.5 Å². The van der Waals surface area contributed by atoms with Gasteiger partial charge in [-0.2, -0.15) is 10.1 Å². The van der Waals surface area contributed by atoms with Crippen molar-refractivity contribution >= 4 is 23.4 Å². The zero-order chi connectivity index (χ0) is 23.5. The van der Waals surface area contributed by atoms with Gasteiger partial charge in [-0.1, -0.05) is 0 Å². The molecule has 3 aromatic rings. The van der Waals surface area contributed by atoms with Crippen LogP contribution < -0.4 is 10.4 Å². The maximum absolute atomic E-state index is 11.3. The molecular formula is C25H32N8O. The third-order valence-electron chi connectivity index (χ3n) is 6.84. The number of carbonyl (C=O) groups is 1. The highest BCUT2D eigenvalue weighted by atomic mass is 16.1. The average molecular weight is 461 g/mol. The number of aryl methyl sites for hydroxylation is 2. The molecule has 0 spiro atoms. The lowest BCUT2D eigenvalue weighted by Crippen LogP contribution is -2.38. The van der Waals surface area contributed by atoms with Gasteiger partial charge in [0.05, 0.1) is 11.4 Å². The Morgan fingerprint density at radius 2 is 1.94 bits per heavy atom. The van der Waals surface area contributed by atoms with Crippen LogP contribution in [0.2, 0.25) is 0 Å². The van der Waals surface area contributed by atoms with E-state index in [4.69, 9.17) is 4.99 Å². The predicted octanol–water partition coefficient (Wildman–Crippen LogP) is 2.22. The number of fused-ring (bicyclic) bond motifs is 1. The largest absolute Gasteiger partial charge is 0.370 e. The predicted molar refractivity (Wildman–Crippen MR) is 131 cm³/mol. The number of hydrogen-bond acceptors (Lipinski definition) is 7. The summed E-state index contributed by atoms with van der Waals surface area (Å²) in [5.41, 5.74) is 3.20. The Hall–Kier alpha value is -3.33. The van der Waals surface area contributed by atoms with Gasteiger partial charge in [0.2, 0.25) is 0 Å². The third kappa shape index (κ3) is 4.94. The molecule has 0 aromatic carbocycles. The molecule has 2 aliphatic heterocycles. The molecule has 5 rings (SSSR count). The number of anilines is 1. The van der Waals surface area contributed by atoms with Crippen molar-refractivity contribution < 1.29 is 4.79 Å². The standard InChI is InChI=1S/C25H32N8O/c1-19-27-25-26-15-21(17-33(25)29-19)23(9-14-34)28-24-6-5-22(18-30(24)2)32-12-7-20(8-13-32)16-31-10-3-4-11-31/h5-6,9,14-15,17-18,20H,3-4,7-8,10-13,16H2,1-2H3/b23-9-,28-24?. The van der Waals surface area contributed by atoms with E-state index < -0.39 is 0 Å². The van der Waals surface area contributed by atoms with Crippen LogP contribution in [-0.2, 0) is 11.8 Å². The van der Waals surface area contributed by atoms with Gasteiger partial charge in [0.25, 0.3) is 5.78 Å². The van der Waals surface area contributed by atoms with Crippen molar-refractivity contribution in [1.82, 2.24) is 29.0 Å². The smallest absolute Gasteiger partial charge is 0.252 e. The fourth-order valence-corrected chi connectivity index (χ4v) is 5.00. The number of piperidine rings is 1. The number of hydrogen-bond donors (Lipinski definition) is 0. The third-order valence-corrected chi connectivity index (χ3v) is 6.84. The first-order chi connectivity index (χ1) is 16.6. The fourth-order valence-electron chi connectivity index (χ4n) is 5.00. The lowest BCUT2D eigenvalue weighted by atomic mass is 9.96. The van der Waals surface area contributed by atoms with Crippen LogP contribution in [0.15, 0.2) is 41.8 Å². The minimum Gasteiger partial charge on any atom is -0.370 e. The van der Waals surface area contributed by atoms with Crippen molar-refractivity contribution in [2.24, 2.45) is 18.0 Å². The van der Waals surface area contributed by atoms with Crippen molar-refractivity contribution in [1.29, 1.82) is 0 Å². The molecule has 5 heterocycles. The molecule has 0 amide bonds. The van der Waals surface area contributed by atoms with Crippen LogP contribution in [0, 0.1) is 12.8 Å². The van der Waals surface area contributed by atoms with E-state index >= 15 is 0 Å². The Morgan fingerprint density at radius 3 is 2.68 bits per heavy atom. The second-order valence-corrected chi connectivity index (χ2v) is 9.34. The van der Waals surface area contributed by atoms with Gasteiger partial charge in [-0.3, -0.25) is 4.79 Å². The molecule has 2 saturated heterocycles. The molecule has 9 nitrogen and oxygen atoms in total. The summed E-state index contributed by atoms with van der Waals surface area (Å²) in [6.07, 6.45) is 13.0. The number of carbonyl (C=O) groups excluding carboxylic acids is 1. The molecule has 9 heteroatoms. The molecule has 0 aliphatic carbocycles. The molecule has 2 aliphatic rings. The molecule has 0 unspecified atom stereocenters. The van der Waals surface area contributed by atoms with Crippen molar-refractivity contribution in [3.05, 3.63) is 53.7 Å². The summed E-state index contributed by atoms with van der Waals surface area (Å²) >= 11 is 0. The molecule has 0 atom stereocenters. The quantitative estimate of drug-likeness (QED) is 0.414. The summed E-state index contributed by atoms with van der Waals surface area (Å²) in [5.74, 6) is 1.98. The van der Waals surface area contributed by atoms with Gasteiger partial charge in [-0.05, 0) is 63.7 Å². The highest BCUT2D eigenvalue weighted by Crippen LogP contribution is 2.24. The fraction of sp³-hybridized carbons (Fsp3) is 0.480. The van der Waals surface area contributed by atoms with Crippen LogP contribution in [0.4, 0.5) is 5.69 Å². The van der Waals surface area contributed by atoms with Crippen molar-refractivity contribution in [3.8, 4) is 0 Å². The average Bonchev–Trinajstić information content (AvgIpc) is 3.48. The molecule has 0 bridgehead atoms. The lowest BCUT2D eigenvalue weighted by Gasteiger charge is -2.35. The van der Waals surface area contributed by atoms with E-state index in [1.165, 1.54) is 57.1 Å². The van der Waals surface area contributed by atoms with Gasteiger partial charge in [0.15, 0.2) is 0 Å². The van der Waals surface area contributed by atoms with Crippen molar-refractivity contribution in [2.45, 2.75) is 32.6 Å². The maximum Gasteiger partial charge on any atom is 0.252 e. The Kier molecular flexibility index (Phi) is 6.53. The van der Waals surface area contributed by atoms with E-state index in [2.05, 4.69) is 37.1 Å². The molecule has 178 valence electrons. The van der Waals surface area contributed by atoms with E-state index in [-0.39, 0.29) is 0 Å². The van der Waals surface area contributed by atoms with Gasteiger partial charge in [0, 0.05) is 56.9 Å². The minimum absolute atomic E-state index is 0.519. The molecule has 0 radical (unpaired) electrons. The highest BCUT2D eigenvalue weighted by molar-refractivity contribution is 5.80. The van der Waals surface area contributed by atoms with E-state index in [9.17, 15) is 4.79 Å². The van der Waals surface area contributed by atoms with Crippen LogP contribution >= 0.6 is 0 Å². The summed E-state index contributed by atoms with van der Waals surface area (Å²) in [7, 11) is 1.99. The number of rotatable bonds is 6. The summed E-state index contributed by atoms with van der Waals surface area (Å²) < 4.78 is 3.62. The second kappa shape index (κ2) is 9.89. The molecule has 2 fully saturated rings. The number of pyridine rings is 1.